The zero-order valence-corrected chi connectivity index (χ0v) is 26.5. The Labute approximate surface area is 240 Å². The fourth-order valence-corrected chi connectivity index (χ4v) is 3.62. The summed E-state index contributed by atoms with van der Waals surface area (Å²) < 4.78 is 0. The quantitative estimate of drug-likeness (QED) is 0.391. The van der Waals surface area contributed by atoms with E-state index in [1.807, 2.05) is 39.8 Å². The van der Waals surface area contributed by atoms with Gasteiger partial charge in [-0.1, -0.05) is 135 Å². The van der Waals surface area contributed by atoms with Crippen molar-refractivity contribution in [2.24, 2.45) is 0 Å². The van der Waals surface area contributed by atoms with Crippen molar-refractivity contribution >= 4 is 0 Å². The molecule has 0 radical (unpaired) electrons. The van der Waals surface area contributed by atoms with Crippen LogP contribution in [0.3, 0.4) is 0 Å². The molecule has 0 spiro atoms. The van der Waals surface area contributed by atoms with Crippen molar-refractivity contribution in [3.8, 4) is 0 Å². The van der Waals surface area contributed by atoms with Gasteiger partial charge in [0.05, 0.1) is 0 Å². The lowest BCUT2D eigenvalue weighted by Gasteiger charge is -2.29. The average Bonchev–Trinajstić information content (AvgIpc) is 2.95. The minimum Gasteiger partial charge on any atom is -0.314 e. The summed E-state index contributed by atoms with van der Waals surface area (Å²) in [6.45, 7) is 24.8. The van der Waals surface area contributed by atoms with E-state index in [1.54, 1.807) is 5.57 Å². The van der Waals surface area contributed by atoms with Crippen molar-refractivity contribution in [2.75, 3.05) is 26.7 Å². The Balaban J connectivity index is -0.000000409. The number of hydrogen-bond donors (Lipinski definition) is 1. The second-order valence-electron chi connectivity index (χ2n) is 9.96. The first-order valence-electron chi connectivity index (χ1n) is 15.0. The molecule has 1 aliphatic carbocycles. The molecular weight excluding hydrogens is 460 g/mol. The van der Waals surface area contributed by atoms with Crippen molar-refractivity contribution < 1.29 is 0 Å². The number of allylic oxidation sites excluding steroid dienone is 2. The normalized spacial score (nSPS) is 16.0. The fourth-order valence-electron chi connectivity index (χ4n) is 3.62. The highest BCUT2D eigenvalue weighted by molar-refractivity contribution is 5.18. The Morgan fingerprint density at radius 1 is 0.763 bits per heavy atom. The SMILES string of the molecule is C.CC.CC.CC(C)c1ccccc1.CC(C)c1ccccc1.CC1=CCCCC1.C[C@@H]1CNCCN1C. The predicted molar refractivity (Wildman–Crippen MR) is 178 cm³/mol. The van der Waals surface area contributed by atoms with Gasteiger partial charge in [0.1, 0.15) is 0 Å². The van der Waals surface area contributed by atoms with Gasteiger partial charge in [0.15, 0.2) is 0 Å². The molecule has 0 unspecified atom stereocenters. The molecule has 220 valence electrons. The van der Waals surface area contributed by atoms with Crippen LogP contribution in [0, 0.1) is 0 Å². The minimum atomic E-state index is 0. The summed E-state index contributed by atoms with van der Waals surface area (Å²) in [4.78, 5) is 2.37. The smallest absolute Gasteiger partial charge is 0.0189 e. The van der Waals surface area contributed by atoms with Gasteiger partial charge in [-0.15, -0.1) is 0 Å². The standard InChI is InChI=1S/2C9H12.C7H12.C6H14N2.2C2H6.CH4/c2*1-8(2)9-6-4-3-5-7-9;1-7-5-3-2-4-6-7;1-6-5-7-3-4-8(6)2;2*1-2;/h2*3-8H,1-2H3;5H,2-4,6H2,1H3;6-7H,3-5H2,1-2H3;2*1-2H3;1H4/t;;;6-;;;/m...1.../s1. The van der Waals surface area contributed by atoms with Gasteiger partial charge in [-0.05, 0) is 69.5 Å². The number of piperazine rings is 1. The molecule has 0 saturated carbocycles. The molecular formula is C36H66N2. The maximum atomic E-state index is 3.32. The van der Waals surface area contributed by atoms with Crippen LogP contribution < -0.4 is 5.32 Å². The zero-order chi connectivity index (χ0) is 28.5. The van der Waals surface area contributed by atoms with Crippen LogP contribution in [0.25, 0.3) is 0 Å². The highest BCUT2D eigenvalue weighted by atomic mass is 15.2. The van der Waals surface area contributed by atoms with Crippen molar-refractivity contribution in [1.29, 1.82) is 0 Å². The number of benzene rings is 2. The van der Waals surface area contributed by atoms with Crippen LogP contribution in [0.4, 0.5) is 0 Å². The van der Waals surface area contributed by atoms with E-state index in [0.29, 0.717) is 11.8 Å². The molecule has 2 aromatic carbocycles. The molecule has 1 saturated heterocycles. The van der Waals surface area contributed by atoms with Gasteiger partial charge >= 0.3 is 0 Å². The molecule has 4 rings (SSSR count). The predicted octanol–water partition coefficient (Wildman–Crippen LogP) is 10.7. The zero-order valence-electron chi connectivity index (χ0n) is 26.5. The van der Waals surface area contributed by atoms with Crippen molar-refractivity contribution in [1.82, 2.24) is 10.2 Å². The Kier molecular flexibility index (Phi) is 30.0. The second-order valence-corrected chi connectivity index (χ2v) is 9.96. The van der Waals surface area contributed by atoms with Gasteiger partial charge in [0, 0.05) is 25.7 Å². The summed E-state index contributed by atoms with van der Waals surface area (Å²) in [5, 5.41) is 3.32. The van der Waals surface area contributed by atoms with E-state index in [1.165, 1.54) is 43.4 Å². The van der Waals surface area contributed by atoms with Crippen LogP contribution in [0.15, 0.2) is 72.3 Å². The first kappa shape index (κ1) is 40.6. The molecule has 0 bridgehead atoms. The fraction of sp³-hybridized carbons (Fsp3) is 0.611. The number of hydrogen-bond acceptors (Lipinski definition) is 2. The van der Waals surface area contributed by atoms with Crippen molar-refractivity contribution in [3.05, 3.63) is 83.4 Å². The molecule has 2 heteroatoms. The van der Waals surface area contributed by atoms with Crippen LogP contribution >= 0.6 is 0 Å². The Morgan fingerprint density at radius 3 is 1.42 bits per heavy atom. The highest BCUT2D eigenvalue weighted by Gasteiger charge is 2.11. The highest BCUT2D eigenvalue weighted by Crippen LogP contribution is 2.15. The molecule has 2 aliphatic rings. The van der Waals surface area contributed by atoms with Crippen LogP contribution in [0.5, 0.6) is 0 Å². The second kappa shape index (κ2) is 28.1. The van der Waals surface area contributed by atoms with Crippen molar-refractivity contribution in [3.63, 3.8) is 0 Å². The molecule has 0 amide bonds. The Morgan fingerprint density at radius 2 is 1.21 bits per heavy atom. The van der Waals surface area contributed by atoms with Gasteiger partial charge in [-0.3, -0.25) is 0 Å². The number of nitrogens with zero attached hydrogens (tertiary/aromatic N) is 1. The summed E-state index contributed by atoms with van der Waals surface area (Å²) in [7, 11) is 2.17. The molecule has 1 N–H and O–H groups in total. The Hall–Kier alpha value is -1.90. The third kappa shape index (κ3) is 22.1. The molecule has 2 nitrogen and oxygen atoms in total. The van der Waals surface area contributed by atoms with Crippen LogP contribution in [-0.4, -0.2) is 37.6 Å². The molecule has 38 heavy (non-hydrogen) atoms. The summed E-state index contributed by atoms with van der Waals surface area (Å²) in [5.74, 6) is 1.32. The minimum absolute atomic E-state index is 0. The summed E-state index contributed by atoms with van der Waals surface area (Å²) in [5.41, 5.74) is 4.42. The lowest BCUT2D eigenvalue weighted by atomic mass is 10.0. The lowest BCUT2D eigenvalue weighted by molar-refractivity contribution is 0.215. The van der Waals surface area contributed by atoms with E-state index >= 15 is 0 Å². The van der Waals surface area contributed by atoms with Gasteiger partial charge in [-0.2, -0.15) is 0 Å². The van der Waals surface area contributed by atoms with Gasteiger partial charge in [0.2, 0.25) is 0 Å². The molecule has 2 aromatic rings. The third-order valence-electron chi connectivity index (χ3n) is 6.28. The number of nitrogens with one attached hydrogen (secondary N) is 1. The maximum absolute atomic E-state index is 3.32. The number of likely N-dealkylation sites (N-methyl/N-ethyl adjacent to an activating group) is 1. The molecule has 1 fully saturated rings. The van der Waals surface area contributed by atoms with Gasteiger partial charge in [0.25, 0.3) is 0 Å². The van der Waals surface area contributed by atoms with Crippen LogP contribution in [0.1, 0.15) is 125 Å². The van der Waals surface area contributed by atoms with E-state index in [4.69, 9.17) is 0 Å². The monoisotopic (exact) mass is 527 g/mol. The molecule has 1 atom stereocenters. The summed E-state index contributed by atoms with van der Waals surface area (Å²) >= 11 is 0. The first-order valence-corrected chi connectivity index (χ1v) is 15.0. The van der Waals surface area contributed by atoms with Crippen molar-refractivity contribution in [2.45, 2.75) is 120 Å². The molecule has 1 heterocycles. The topological polar surface area (TPSA) is 15.3 Å². The van der Waals surface area contributed by atoms with E-state index in [0.717, 1.165) is 19.1 Å². The van der Waals surface area contributed by atoms with Gasteiger partial charge in [-0.25, -0.2) is 0 Å². The van der Waals surface area contributed by atoms with Crippen LogP contribution in [0.2, 0.25) is 0 Å². The molecule has 0 aromatic heterocycles. The molecule has 1 aliphatic heterocycles. The first-order chi connectivity index (χ1) is 17.8. The average molecular weight is 527 g/mol. The van der Waals surface area contributed by atoms with E-state index in [9.17, 15) is 0 Å². The number of rotatable bonds is 2. The van der Waals surface area contributed by atoms with E-state index in [2.05, 4.69) is 113 Å². The Bertz CT molecular complexity index is 681. The van der Waals surface area contributed by atoms with Crippen LogP contribution in [-0.2, 0) is 0 Å². The van der Waals surface area contributed by atoms with E-state index in [-0.39, 0.29) is 7.43 Å². The summed E-state index contributed by atoms with van der Waals surface area (Å²) in [6, 6.07) is 21.8. The van der Waals surface area contributed by atoms with Gasteiger partial charge < -0.3 is 10.2 Å². The third-order valence-corrected chi connectivity index (χ3v) is 6.28. The van der Waals surface area contributed by atoms with E-state index < -0.39 is 0 Å². The largest absolute Gasteiger partial charge is 0.314 e. The lowest BCUT2D eigenvalue weighted by Crippen LogP contribution is -2.47. The maximum Gasteiger partial charge on any atom is 0.0189 e. The summed E-state index contributed by atoms with van der Waals surface area (Å²) in [6.07, 6.45) is 7.86.